The van der Waals surface area contributed by atoms with Crippen LogP contribution in [0.3, 0.4) is 0 Å². The van der Waals surface area contributed by atoms with Crippen LogP contribution in [0, 0.1) is 11.8 Å². The molecule has 1 saturated heterocycles. The molecule has 3 unspecified atom stereocenters. The zero-order valence-electron chi connectivity index (χ0n) is 12.2. The highest BCUT2D eigenvalue weighted by molar-refractivity contribution is 5.93. The molecule has 2 aliphatic rings. The monoisotopic (exact) mass is 284 g/mol. The van der Waals surface area contributed by atoms with Crippen LogP contribution in [0.15, 0.2) is 30.5 Å². The molecule has 1 aromatic carbocycles. The summed E-state index contributed by atoms with van der Waals surface area (Å²) in [6.45, 7) is 1.93. The zero-order chi connectivity index (χ0) is 14.4. The van der Waals surface area contributed by atoms with E-state index in [0.717, 1.165) is 48.3 Å². The van der Waals surface area contributed by atoms with Crippen molar-refractivity contribution in [1.29, 1.82) is 0 Å². The standard InChI is InChI=1S/C17H20N2O2/c1-21-13-3-4-14-11(8-13)6-7-18-17(14)19-9-12-2-5-16(20)15(12)10-19/h3-4,6-8,12,15-16,20H,2,5,9-10H2,1H3. The Labute approximate surface area is 124 Å². The predicted octanol–water partition coefficient (Wildman–Crippen LogP) is 2.45. The number of aromatic nitrogens is 1. The molecule has 1 aliphatic carbocycles. The highest BCUT2D eigenvalue weighted by atomic mass is 16.5. The summed E-state index contributed by atoms with van der Waals surface area (Å²) in [6.07, 6.45) is 3.83. The Morgan fingerprint density at radius 3 is 2.95 bits per heavy atom. The molecule has 1 N–H and O–H groups in total. The van der Waals surface area contributed by atoms with E-state index < -0.39 is 0 Å². The second-order valence-corrected chi connectivity index (χ2v) is 6.20. The van der Waals surface area contributed by atoms with Gasteiger partial charge < -0.3 is 14.7 Å². The quantitative estimate of drug-likeness (QED) is 0.920. The van der Waals surface area contributed by atoms with Crippen LogP contribution in [0.5, 0.6) is 5.75 Å². The van der Waals surface area contributed by atoms with Crippen LogP contribution in [0.2, 0.25) is 0 Å². The number of anilines is 1. The van der Waals surface area contributed by atoms with Gasteiger partial charge in [0.25, 0.3) is 0 Å². The maximum atomic E-state index is 10.1. The summed E-state index contributed by atoms with van der Waals surface area (Å²) in [5.74, 6) is 2.95. The molecule has 2 fully saturated rings. The third-order valence-electron chi connectivity index (χ3n) is 5.07. The van der Waals surface area contributed by atoms with Crippen molar-refractivity contribution in [3.05, 3.63) is 30.5 Å². The minimum Gasteiger partial charge on any atom is -0.497 e. The molecule has 1 saturated carbocycles. The van der Waals surface area contributed by atoms with Gasteiger partial charge in [-0.15, -0.1) is 0 Å². The van der Waals surface area contributed by atoms with E-state index in [-0.39, 0.29) is 6.10 Å². The average molecular weight is 284 g/mol. The first-order valence-electron chi connectivity index (χ1n) is 7.62. The van der Waals surface area contributed by atoms with Crippen LogP contribution in [0.25, 0.3) is 10.8 Å². The van der Waals surface area contributed by atoms with Crippen LogP contribution in [-0.2, 0) is 0 Å². The molecule has 1 aliphatic heterocycles. The van der Waals surface area contributed by atoms with Crippen molar-refractivity contribution in [2.45, 2.75) is 18.9 Å². The van der Waals surface area contributed by atoms with E-state index >= 15 is 0 Å². The summed E-state index contributed by atoms with van der Waals surface area (Å²) in [5, 5.41) is 12.4. The Hall–Kier alpha value is -1.81. The molecule has 0 bridgehead atoms. The Kier molecular flexibility index (Phi) is 3.00. The average Bonchev–Trinajstić information content (AvgIpc) is 3.08. The minimum absolute atomic E-state index is 0.130. The van der Waals surface area contributed by atoms with E-state index in [0.29, 0.717) is 11.8 Å². The van der Waals surface area contributed by atoms with Gasteiger partial charge in [-0.05, 0) is 48.4 Å². The zero-order valence-corrected chi connectivity index (χ0v) is 12.2. The van der Waals surface area contributed by atoms with Gasteiger partial charge in [0.05, 0.1) is 13.2 Å². The Balaban J connectivity index is 1.71. The molecule has 0 amide bonds. The molecule has 2 heterocycles. The third kappa shape index (κ3) is 2.05. The molecule has 2 aromatic rings. The SMILES string of the molecule is COc1ccc2c(N3CC4CCC(O)C4C3)nccc2c1. The number of hydrogen-bond donors (Lipinski definition) is 1. The summed E-state index contributed by atoms with van der Waals surface area (Å²) in [5.41, 5.74) is 0. The molecule has 1 aromatic heterocycles. The number of aliphatic hydroxyl groups excluding tert-OH is 1. The number of nitrogens with zero attached hydrogens (tertiary/aromatic N) is 2. The van der Waals surface area contributed by atoms with Gasteiger partial charge in [-0.2, -0.15) is 0 Å². The molecule has 0 spiro atoms. The number of pyridine rings is 1. The fourth-order valence-corrected chi connectivity index (χ4v) is 3.93. The summed E-state index contributed by atoms with van der Waals surface area (Å²) in [4.78, 5) is 6.94. The molecule has 4 heteroatoms. The summed E-state index contributed by atoms with van der Waals surface area (Å²) in [6, 6.07) is 8.14. The lowest BCUT2D eigenvalue weighted by Crippen LogP contribution is -2.25. The van der Waals surface area contributed by atoms with Crippen molar-refractivity contribution in [1.82, 2.24) is 4.98 Å². The second kappa shape index (κ2) is 4.88. The molecule has 110 valence electrons. The number of fused-ring (bicyclic) bond motifs is 2. The van der Waals surface area contributed by atoms with E-state index in [1.165, 1.54) is 0 Å². The van der Waals surface area contributed by atoms with Crippen molar-refractivity contribution >= 4 is 16.6 Å². The summed E-state index contributed by atoms with van der Waals surface area (Å²) >= 11 is 0. The fourth-order valence-electron chi connectivity index (χ4n) is 3.93. The first-order valence-corrected chi connectivity index (χ1v) is 7.62. The largest absolute Gasteiger partial charge is 0.497 e. The number of ether oxygens (including phenoxy) is 1. The predicted molar refractivity (Wildman–Crippen MR) is 82.7 cm³/mol. The van der Waals surface area contributed by atoms with Crippen molar-refractivity contribution < 1.29 is 9.84 Å². The van der Waals surface area contributed by atoms with Crippen LogP contribution >= 0.6 is 0 Å². The molecule has 4 nitrogen and oxygen atoms in total. The Bertz CT molecular complexity index is 673. The first kappa shape index (κ1) is 12.9. The molecule has 4 rings (SSSR count). The van der Waals surface area contributed by atoms with Crippen molar-refractivity contribution in [3.63, 3.8) is 0 Å². The summed E-state index contributed by atoms with van der Waals surface area (Å²) < 4.78 is 5.30. The lowest BCUT2D eigenvalue weighted by molar-refractivity contribution is 0.133. The van der Waals surface area contributed by atoms with Gasteiger partial charge in [0.15, 0.2) is 0 Å². The smallest absolute Gasteiger partial charge is 0.136 e. The minimum atomic E-state index is -0.130. The number of hydrogen-bond acceptors (Lipinski definition) is 4. The highest BCUT2D eigenvalue weighted by Crippen LogP contribution is 2.40. The Morgan fingerprint density at radius 1 is 1.24 bits per heavy atom. The highest BCUT2D eigenvalue weighted by Gasteiger charge is 2.42. The maximum absolute atomic E-state index is 10.1. The first-order chi connectivity index (χ1) is 10.3. The maximum Gasteiger partial charge on any atom is 0.136 e. The summed E-state index contributed by atoms with van der Waals surface area (Å²) in [7, 11) is 1.69. The normalized spacial score (nSPS) is 28.1. The van der Waals surface area contributed by atoms with Crippen LogP contribution in [0.4, 0.5) is 5.82 Å². The number of methoxy groups -OCH3 is 1. The molecule has 0 radical (unpaired) electrons. The second-order valence-electron chi connectivity index (χ2n) is 6.20. The van der Waals surface area contributed by atoms with Crippen molar-refractivity contribution in [2.75, 3.05) is 25.1 Å². The molecular formula is C17H20N2O2. The van der Waals surface area contributed by atoms with Crippen LogP contribution < -0.4 is 9.64 Å². The van der Waals surface area contributed by atoms with Gasteiger partial charge >= 0.3 is 0 Å². The van der Waals surface area contributed by atoms with Crippen LogP contribution in [-0.4, -0.2) is 36.4 Å². The molecule has 21 heavy (non-hydrogen) atoms. The van der Waals surface area contributed by atoms with Crippen molar-refractivity contribution in [3.8, 4) is 5.75 Å². The number of aliphatic hydroxyl groups is 1. The van der Waals surface area contributed by atoms with Gasteiger partial charge in [-0.25, -0.2) is 4.98 Å². The lowest BCUT2D eigenvalue weighted by atomic mass is 10.00. The van der Waals surface area contributed by atoms with Crippen LogP contribution in [0.1, 0.15) is 12.8 Å². The number of rotatable bonds is 2. The van der Waals surface area contributed by atoms with E-state index in [1.54, 1.807) is 7.11 Å². The van der Waals surface area contributed by atoms with E-state index in [2.05, 4.69) is 16.0 Å². The van der Waals surface area contributed by atoms with Gasteiger partial charge in [0.2, 0.25) is 0 Å². The Morgan fingerprint density at radius 2 is 2.14 bits per heavy atom. The fraction of sp³-hybridized carbons (Fsp3) is 0.471. The third-order valence-corrected chi connectivity index (χ3v) is 5.07. The van der Waals surface area contributed by atoms with Gasteiger partial charge in [-0.1, -0.05) is 0 Å². The molecular weight excluding hydrogens is 264 g/mol. The van der Waals surface area contributed by atoms with Crippen molar-refractivity contribution in [2.24, 2.45) is 11.8 Å². The van der Waals surface area contributed by atoms with Gasteiger partial charge in [0.1, 0.15) is 11.6 Å². The van der Waals surface area contributed by atoms with Gasteiger partial charge in [0, 0.05) is 30.6 Å². The van der Waals surface area contributed by atoms with Gasteiger partial charge in [-0.3, -0.25) is 0 Å². The topological polar surface area (TPSA) is 45.6 Å². The van der Waals surface area contributed by atoms with E-state index in [1.807, 2.05) is 24.4 Å². The lowest BCUT2D eigenvalue weighted by Gasteiger charge is -2.21. The molecule has 3 atom stereocenters. The van der Waals surface area contributed by atoms with E-state index in [4.69, 9.17) is 4.74 Å². The van der Waals surface area contributed by atoms with E-state index in [9.17, 15) is 5.11 Å². The number of benzene rings is 1.